The van der Waals surface area contributed by atoms with Crippen molar-refractivity contribution in [3.8, 4) is 0 Å². The molecule has 0 unspecified atom stereocenters. The molecule has 102 valence electrons. The van der Waals surface area contributed by atoms with E-state index in [2.05, 4.69) is 0 Å². The maximum atomic E-state index is 12.1. The second kappa shape index (κ2) is 5.48. The van der Waals surface area contributed by atoms with E-state index >= 15 is 0 Å². The Hall–Kier alpha value is -2.76. The Morgan fingerprint density at radius 1 is 1.30 bits per heavy atom. The molecule has 2 rings (SSSR count). The first-order chi connectivity index (χ1) is 9.49. The van der Waals surface area contributed by atoms with Crippen LogP contribution in [0.5, 0.6) is 0 Å². The lowest BCUT2D eigenvalue weighted by Crippen LogP contribution is -2.25. The minimum absolute atomic E-state index is 0.218. The van der Waals surface area contributed by atoms with Gasteiger partial charge in [-0.15, -0.1) is 0 Å². The smallest absolute Gasteiger partial charge is 0.302 e. The molecule has 6 heteroatoms. The van der Waals surface area contributed by atoms with Crippen molar-refractivity contribution in [2.45, 2.75) is 13.5 Å². The number of nitro groups is 1. The van der Waals surface area contributed by atoms with Crippen LogP contribution in [-0.2, 0) is 6.54 Å². The summed E-state index contributed by atoms with van der Waals surface area (Å²) in [5, 5.41) is 10.7. The van der Waals surface area contributed by atoms with Gasteiger partial charge in [0.15, 0.2) is 5.78 Å². The number of rotatable bonds is 4. The summed E-state index contributed by atoms with van der Waals surface area (Å²) >= 11 is 0. The number of pyridine rings is 1. The summed E-state index contributed by atoms with van der Waals surface area (Å²) in [4.78, 5) is 33.8. The molecule has 6 nitrogen and oxygen atoms in total. The highest BCUT2D eigenvalue weighted by atomic mass is 16.6. The minimum Gasteiger partial charge on any atom is -0.302 e. The van der Waals surface area contributed by atoms with Gasteiger partial charge in [-0.05, 0) is 19.1 Å². The molecule has 0 bridgehead atoms. The Labute approximate surface area is 114 Å². The van der Waals surface area contributed by atoms with Gasteiger partial charge >= 0.3 is 11.2 Å². The number of Topliss-reactive ketones (excluding diaryl/α,β-unsaturated/α-hetero) is 1. The van der Waals surface area contributed by atoms with Crippen LogP contribution in [0.4, 0.5) is 5.69 Å². The molecular weight excluding hydrogens is 260 g/mol. The first-order valence-corrected chi connectivity index (χ1v) is 5.93. The van der Waals surface area contributed by atoms with Crippen LogP contribution in [0.15, 0.2) is 47.4 Å². The van der Waals surface area contributed by atoms with Crippen molar-refractivity contribution >= 4 is 11.5 Å². The predicted octanol–water partition coefficient (Wildman–Crippen LogP) is 1.95. The average molecular weight is 272 g/mol. The highest BCUT2D eigenvalue weighted by Crippen LogP contribution is 2.07. The van der Waals surface area contributed by atoms with E-state index in [0.717, 1.165) is 16.2 Å². The van der Waals surface area contributed by atoms with Crippen molar-refractivity contribution in [1.29, 1.82) is 0 Å². The number of aryl methyl sites for hydroxylation is 1. The molecule has 1 aromatic heterocycles. The van der Waals surface area contributed by atoms with Crippen LogP contribution in [0.3, 0.4) is 0 Å². The number of hydrogen-bond acceptors (Lipinski definition) is 4. The average Bonchev–Trinajstić information content (AvgIpc) is 2.40. The highest BCUT2D eigenvalue weighted by molar-refractivity contribution is 5.96. The van der Waals surface area contributed by atoms with Crippen LogP contribution in [0.2, 0.25) is 0 Å². The van der Waals surface area contributed by atoms with E-state index in [1.807, 2.05) is 13.0 Å². The van der Waals surface area contributed by atoms with Crippen LogP contribution >= 0.6 is 0 Å². The van der Waals surface area contributed by atoms with Crippen molar-refractivity contribution in [3.63, 3.8) is 0 Å². The van der Waals surface area contributed by atoms with Crippen molar-refractivity contribution < 1.29 is 9.72 Å². The van der Waals surface area contributed by atoms with Gasteiger partial charge in [-0.1, -0.05) is 23.8 Å². The fourth-order valence-corrected chi connectivity index (χ4v) is 1.85. The van der Waals surface area contributed by atoms with Crippen LogP contribution in [0.25, 0.3) is 0 Å². The van der Waals surface area contributed by atoms with E-state index in [-0.39, 0.29) is 12.3 Å². The third-order valence-corrected chi connectivity index (χ3v) is 2.85. The highest BCUT2D eigenvalue weighted by Gasteiger charge is 2.15. The van der Waals surface area contributed by atoms with E-state index in [0.29, 0.717) is 5.56 Å². The fourth-order valence-electron chi connectivity index (χ4n) is 1.85. The van der Waals surface area contributed by atoms with Crippen molar-refractivity contribution in [3.05, 3.63) is 74.2 Å². The molecule has 0 aliphatic rings. The van der Waals surface area contributed by atoms with Crippen LogP contribution < -0.4 is 5.56 Å². The Morgan fingerprint density at radius 2 is 2.05 bits per heavy atom. The topological polar surface area (TPSA) is 82.2 Å². The predicted molar refractivity (Wildman–Crippen MR) is 72.9 cm³/mol. The third kappa shape index (κ3) is 2.80. The number of aromatic nitrogens is 1. The van der Waals surface area contributed by atoms with E-state index in [1.54, 1.807) is 18.2 Å². The lowest BCUT2D eigenvalue weighted by Gasteiger charge is -2.05. The number of carbonyl (C=O) groups excluding carboxylic acids is 1. The zero-order valence-electron chi connectivity index (χ0n) is 10.8. The summed E-state index contributed by atoms with van der Waals surface area (Å²) in [5.41, 5.74) is 0.0914. The molecule has 20 heavy (non-hydrogen) atoms. The second-order valence-corrected chi connectivity index (χ2v) is 4.38. The van der Waals surface area contributed by atoms with Gasteiger partial charge in [0.2, 0.25) is 0 Å². The van der Waals surface area contributed by atoms with Crippen molar-refractivity contribution in [2.75, 3.05) is 0 Å². The molecule has 0 N–H and O–H groups in total. The molecule has 1 heterocycles. The van der Waals surface area contributed by atoms with Crippen molar-refractivity contribution in [2.24, 2.45) is 0 Å². The molecular formula is C14H12N2O4. The molecule has 0 saturated heterocycles. The van der Waals surface area contributed by atoms with E-state index < -0.39 is 16.2 Å². The second-order valence-electron chi connectivity index (χ2n) is 4.38. The van der Waals surface area contributed by atoms with E-state index in [1.165, 1.54) is 12.3 Å². The molecule has 0 saturated carbocycles. The Bertz CT molecular complexity index is 734. The third-order valence-electron chi connectivity index (χ3n) is 2.85. The monoisotopic (exact) mass is 272 g/mol. The first-order valence-electron chi connectivity index (χ1n) is 5.93. The molecule has 0 spiro atoms. The summed E-state index contributed by atoms with van der Waals surface area (Å²) < 4.78 is 1.04. The summed E-state index contributed by atoms with van der Waals surface area (Å²) in [6.45, 7) is 1.64. The van der Waals surface area contributed by atoms with Crippen molar-refractivity contribution in [1.82, 2.24) is 4.57 Å². The summed E-state index contributed by atoms with van der Waals surface area (Å²) in [6, 6.07) is 9.47. The van der Waals surface area contributed by atoms with Crippen LogP contribution in [0.1, 0.15) is 15.9 Å². The molecule has 1 aromatic carbocycles. The van der Waals surface area contributed by atoms with E-state index in [4.69, 9.17) is 0 Å². The van der Waals surface area contributed by atoms with Crippen LogP contribution in [-0.4, -0.2) is 15.3 Å². The molecule has 0 fully saturated rings. The number of carbonyl (C=O) groups is 1. The van der Waals surface area contributed by atoms with Gasteiger partial charge in [0, 0.05) is 17.8 Å². The Kier molecular flexibility index (Phi) is 3.74. The Balaban J connectivity index is 2.31. The molecule has 0 amide bonds. The molecule has 0 radical (unpaired) electrons. The molecule has 2 aromatic rings. The zero-order chi connectivity index (χ0) is 14.7. The lowest BCUT2D eigenvalue weighted by atomic mass is 10.1. The standard InChI is InChI=1S/C14H12N2O4/c1-10-4-2-5-11(8-10)13(17)9-15-7-3-6-12(14(15)18)16(19)20/h2-8H,9H2,1H3. The largest absolute Gasteiger partial charge is 0.334 e. The number of nitrogens with zero attached hydrogens (tertiary/aromatic N) is 2. The van der Waals surface area contributed by atoms with Gasteiger partial charge in [-0.2, -0.15) is 0 Å². The molecule has 0 aliphatic heterocycles. The molecule has 0 atom stereocenters. The number of hydrogen-bond donors (Lipinski definition) is 0. The maximum Gasteiger partial charge on any atom is 0.334 e. The van der Waals surface area contributed by atoms with E-state index in [9.17, 15) is 19.7 Å². The molecule has 0 aliphatic carbocycles. The van der Waals surface area contributed by atoms with Crippen LogP contribution in [0, 0.1) is 17.0 Å². The summed E-state index contributed by atoms with van der Waals surface area (Å²) in [6.07, 6.45) is 1.36. The Morgan fingerprint density at radius 3 is 2.70 bits per heavy atom. The zero-order valence-corrected chi connectivity index (χ0v) is 10.8. The van der Waals surface area contributed by atoms with Gasteiger partial charge in [0.25, 0.3) is 0 Å². The summed E-state index contributed by atoms with van der Waals surface area (Å²) in [7, 11) is 0. The lowest BCUT2D eigenvalue weighted by molar-refractivity contribution is -0.386. The van der Waals surface area contributed by atoms with Gasteiger partial charge < -0.3 is 4.57 Å². The van der Waals surface area contributed by atoms with Gasteiger partial charge in [0.05, 0.1) is 11.5 Å². The minimum atomic E-state index is -0.779. The normalized spacial score (nSPS) is 10.2. The first kappa shape index (κ1) is 13.7. The van der Waals surface area contributed by atoms with Gasteiger partial charge in [0.1, 0.15) is 0 Å². The fraction of sp³-hybridized carbons (Fsp3) is 0.143. The quantitative estimate of drug-likeness (QED) is 0.484. The SMILES string of the molecule is Cc1cccc(C(=O)Cn2cccc([N+](=O)[O-])c2=O)c1. The van der Waals surface area contributed by atoms with Gasteiger partial charge in [-0.25, -0.2) is 0 Å². The maximum absolute atomic E-state index is 12.1. The summed E-state index contributed by atoms with van der Waals surface area (Å²) in [5.74, 6) is -0.267. The van der Waals surface area contributed by atoms with Gasteiger partial charge in [-0.3, -0.25) is 19.7 Å². The number of ketones is 1. The number of benzene rings is 1.